The van der Waals surface area contributed by atoms with E-state index in [0.717, 1.165) is 12.8 Å². The summed E-state index contributed by atoms with van der Waals surface area (Å²) in [5, 5.41) is 33.0. The van der Waals surface area contributed by atoms with Gasteiger partial charge in [-0.3, -0.25) is 4.48 Å². The molecule has 7 nitrogen and oxygen atoms in total. The molecule has 264 valence electrons. The monoisotopic (exact) mass is 638 g/mol. The number of carboxylic acids is 3. The fourth-order valence-electron chi connectivity index (χ4n) is 7.15. The van der Waals surface area contributed by atoms with Crippen molar-refractivity contribution in [1.82, 2.24) is 0 Å². The van der Waals surface area contributed by atoms with Crippen LogP contribution in [0.2, 0.25) is 0 Å². The molecule has 3 unspecified atom stereocenters. The second kappa shape index (κ2) is 28.3. The minimum Gasteiger partial charge on any atom is -0.544 e. The van der Waals surface area contributed by atoms with Crippen molar-refractivity contribution in [3.8, 4) is 0 Å². The van der Waals surface area contributed by atoms with E-state index < -0.39 is 40.5 Å². The minimum atomic E-state index is -1.35. The highest BCUT2D eigenvalue weighted by atomic mass is 16.4. The summed E-state index contributed by atoms with van der Waals surface area (Å²) in [5.41, 5.74) is 0. The number of carboxylic acid groups (broad SMARTS) is 3. The van der Waals surface area contributed by atoms with Gasteiger partial charge in [-0.2, -0.15) is 0 Å². The number of nitrogens with zero attached hydrogens (tertiary/aromatic N) is 1. The zero-order valence-electron chi connectivity index (χ0n) is 29.7. The van der Waals surface area contributed by atoms with Crippen LogP contribution < -0.4 is 5.11 Å². The lowest BCUT2D eigenvalue weighted by atomic mass is 9.91. The number of unbranched alkanes of at least 4 members (excludes halogenated alkanes) is 17. The number of aliphatic carboxylic acids is 3. The molecule has 0 bridgehead atoms. The Labute approximate surface area is 276 Å². The molecule has 0 aliphatic heterocycles. The largest absolute Gasteiger partial charge is 0.544 e. The molecule has 2 N–H and O–H groups in total. The van der Waals surface area contributed by atoms with Crippen molar-refractivity contribution in [3.05, 3.63) is 12.2 Å². The second-order valence-corrected chi connectivity index (χ2v) is 13.3. The van der Waals surface area contributed by atoms with Gasteiger partial charge in [0.25, 0.3) is 0 Å². The maximum Gasteiger partial charge on any atom is 0.362 e. The number of hydrogen-bond donors (Lipinski definition) is 2. The first-order chi connectivity index (χ1) is 21.7. The van der Waals surface area contributed by atoms with Gasteiger partial charge in [0.1, 0.15) is 6.04 Å². The first kappa shape index (κ1) is 43.1. The van der Waals surface area contributed by atoms with Gasteiger partial charge in [-0.25, -0.2) is 9.59 Å². The van der Waals surface area contributed by atoms with Crippen LogP contribution in [0, 0.1) is 0 Å². The second-order valence-electron chi connectivity index (χ2n) is 13.3. The van der Waals surface area contributed by atoms with Crippen LogP contribution in [0.4, 0.5) is 0 Å². The molecule has 7 heteroatoms. The summed E-state index contributed by atoms with van der Waals surface area (Å²) in [4.78, 5) is 37.6. The molecule has 3 atom stereocenters. The molecule has 0 aliphatic rings. The Hall–Kier alpha value is -1.89. The molecule has 0 aliphatic carbocycles. The van der Waals surface area contributed by atoms with Crippen LogP contribution in [0.15, 0.2) is 12.2 Å². The lowest BCUT2D eigenvalue weighted by Gasteiger charge is -2.52. The Morgan fingerprint density at radius 3 is 1.18 bits per heavy atom. The Kier molecular flexibility index (Phi) is 27.2. The predicted octanol–water partition coefficient (Wildman–Crippen LogP) is 9.22. The van der Waals surface area contributed by atoms with Crippen LogP contribution in [0.3, 0.4) is 0 Å². The molecule has 0 heterocycles. The van der Waals surface area contributed by atoms with Gasteiger partial charge < -0.3 is 20.1 Å². The SMILES string of the molecule is CCCCCCCCCCCCCCCCCCC/C=C/CC[N+](C(CCC)C(=O)[O-])(C(CCC)C(=O)O)C(CCC)C(=O)O. The Bertz CT molecular complexity index is 722. The zero-order valence-corrected chi connectivity index (χ0v) is 29.7. The molecule has 0 saturated carbocycles. The topological polar surface area (TPSA) is 115 Å². The van der Waals surface area contributed by atoms with Gasteiger partial charge in [0, 0.05) is 25.7 Å². The summed E-state index contributed by atoms with van der Waals surface area (Å²) >= 11 is 0. The first-order valence-electron chi connectivity index (χ1n) is 18.9. The summed E-state index contributed by atoms with van der Waals surface area (Å²) in [5.74, 6) is -3.61. The average Bonchev–Trinajstić information content (AvgIpc) is 3.00. The summed E-state index contributed by atoms with van der Waals surface area (Å²) < 4.78 is -0.480. The summed E-state index contributed by atoms with van der Waals surface area (Å²) in [6, 6.07) is -3.42. The maximum absolute atomic E-state index is 12.6. The van der Waals surface area contributed by atoms with E-state index in [4.69, 9.17) is 0 Å². The number of allylic oxidation sites excluding steroid dienone is 1. The molecule has 0 spiro atoms. The van der Waals surface area contributed by atoms with E-state index in [1.54, 1.807) is 0 Å². The molecule has 0 aromatic heterocycles. The van der Waals surface area contributed by atoms with Crippen LogP contribution in [0.25, 0.3) is 0 Å². The van der Waals surface area contributed by atoms with Crippen molar-refractivity contribution in [1.29, 1.82) is 0 Å². The minimum absolute atomic E-state index is 0.155. The van der Waals surface area contributed by atoms with Crippen molar-refractivity contribution in [3.63, 3.8) is 0 Å². The Morgan fingerprint density at radius 2 is 0.844 bits per heavy atom. The number of carbonyl (C=O) groups is 3. The van der Waals surface area contributed by atoms with Crippen LogP contribution in [-0.2, 0) is 14.4 Å². The number of hydrogen-bond acceptors (Lipinski definition) is 4. The number of rotatable bonds is 33. The highest BCUT2D eigenvalue weighted by Gasteiger charge is 2.54. The third-order valence-corrected chi connectivity index (χ3v) is 9.59. The highest BCUT2D eigenvalue weighted by molar-refractivity contribution is 5.77. The van der Waals surface area contributed by atoms with Crippen molar-refractivity contribution < 1.29 is 34.2 Å². The van der Waals surface area contributed by atoms with Crippen molar-refractivity contribution in [2.75, 3.05) is 6.54 Å². The Morgan fingerprint density at radius 1 is 0.511 bits per heavy atom. The standard InChI is InChI=1S/C38H71NO6/c1-5-9-10-11-12-13-14-15-16-17-18-19-20-21-22-23-24-25-26-27-28-32-39(33(29-6-2)36(40)41,34(30-7-3)37(42)43)35(31-8-4)38(44)45/h26-27,33-35H,5-25,28-32H2,1-4H3,(H2-,40,41,42,43,44,45)/b27-26+. The molecule has 45 heavy (non-hydrogen) atoms. The molecular formula is C38H71NO6. The summed E-state index contributed by atoms with van der Waals surface area (Å²) in [6.07, 6.45) is 30.4. The van der Waals surface area contributed by atoms with E-state index >= 15 is 0 Å². The van der Waals surface area contributed by atoms with E-state index in [2.05, 4.69) is 13.0 Å². The first-order valence-corrected chi connectivity index (χ1v) is 18.9. The van der Waals surface area contributed by atoms with Crippen molar-refractivity contribution in [2.45, 2.75) is 206 Å². The highest BCUT2D eigenvalue weighted by Crippen LogP contribution is 2.33. The van der Waals surface area contributed by atoms with Gasteiger partial charge in [0.05, 0.1) is 12.5 Å². The van der Waals surface area contributed by atoms with Gasteiger partial charge in [-0.1, -0.05) is 149 Å². The zero-order chi connectivity index (χ0) is 33.8. The molecule has 0 fully saturated rings. The summed E-state index contributed by atoms with van der Waals surface area (Å²) in [7, 11) is 0. The quantitative estimate of drug-likeness (QED) is 0.0421. The Balaban J connectivity index is 4.73. The van der Waals surface area contributed by atoms with Gasteiger partial charge in [-0.05, 0) is 25.7 Å². The van der Waals surface area contributed by atoms with E-state index in [9.17, 15) is 29.7 Å². The average molecular weight is 638 g/mol. The van der Waals surface area contributed by atoms with Crippen molar-refractivity contribution in [2.24, 2.45) is 0 Å². The third kappa shape index (κ3) is 18.1. The fraction of sp³-hybridized carbons (Fsp3) is 0.868. The van der Waals surface area contributed by atoms with Crippen LogP contribution in [0.1, 0.15) is 188 Å². The molecular weight excluding hydrogens is 566 g/mol. The molecule has 0 saturated heterocycles. The van der Waals surface area contributed by atoms with E-state index in [1.165, 1.54) is 103 Å². The fourth-order valence-corrected chi connectivity index (χ4v) is 7.15. The molecule has 0 aromatic carbocycles. The normalized spacial score (nSPS) is 15.1. The predicted molar refractivity (Wildman–Crippen MR) is 184 cm³/mol. The number of carbonyl (C=O) groups excluding carboxylic acids is 1. The lowest BCUT2D eigenvalue weighted by Crippen LogP contribution is -2.74. The molecule has 0 amide bonds. The molecule has 0 aromatic rings. The van der Waals surface area contributed by atoms with Crippen LogP contribution in [0.5, 0.6) is 0 Å². The smallest absolute Gasteiger partial charge is 0.362 e. The van der Waals surface area contributed by atoms with Crippen LogP contribution >= 0.6 is 0 Å². The third-order valence-electron chi connectivity index (χ3n) is 9.59. The van der Waals surface area contributed by atoms with Gasteiger partial charge in [-0.15, -0.1) is 0 Å². The van der Waals surface area contributed by atoms with Gasteiger partial charge in [0.15, 0.2) is 12.1 Å². The number of quaternary nitrogens is 1. The van der Waals surface area contributed by atoms with E-state index in [1.807, 2.05) is 26.8 Å². The van der Waals surface area contributed by atoms with E-state index in [-0.39, 0.29) is 25.8 Å². The molecule has 0 rings (SSSR count). The summed E-state index contributed by atoms with van der Waals surface area (Å²) in [6.45, 7) is 7.97. The van der Waals surface area contributed by atoms with Gasteiger partial charge in [0.2, 0.25) is 0 Å². The van der Waals surface area contributed by atoms with Crippen LogP contribution in [-0.4, -0.2) is 57.3 Å². The van der Waals surface area contributed by atoms with Crippen molar-refractivity contribution >= 4 is 17.9 Å². The molecule has 0 radical (unpaired) electrons. The van der Waals surface area contributed by atoms with E-state index in [0.29, 0.717) is 25.7 Å². The van der Waals surface area contributed by atoms with Gasteiger partial charge >= 0.3 is 11.9 Å². The lowest BCUT2D eigenvalue weighted by molar-refractivity contribution is -0.974. The maximum atomic E-state index is 12.6.